The number of nitro benzene ring substituents is 1. The zero-order valence-corrected chi connectivity index (χ0v) is 8.90. The van der Waals surface area contributed by atoms with E-state index in [2.05, 4.69) is 5.32 Å². The van der Waals surface area contributed by atoms with E-state index in [1.807, 2.05) is 0 Å². The standard InChI is InChI=1S/C10H13N3O3/c1-7-8(10(14)12-6-5-11)3-2-4-9(7)13(15)16/h2-4H,5-6,11H2,1H3,(H,12,14). The van der Waals surface area contributed by atoms with Gasteiger partial charge in [-0.25, -0.2) is 0 Å². The Balaban J connectivity index is 3.01. The third-order valence-electron chi connectivity index (χ3n) is 2.18. The number of nitrogens with one attached hydrogen (secondary N) is 1. The molecule has 0 saturated heterocycles. The van der Waals surface area contributed by atoms with Crippen molar-refractivity contribution in [3.8, 4) is 0 Å². The van der Waals surface area contributed by atoms with Crippen LogP contribution in [0.2, 0.25) is 0 Å². The lowest BCUT2D eigenvalue weighted by Gasteiger charge is -2.06. The number of rotatable bonds is 4. The number of nitrogens with zero attached hydrogens (tertiary/aromatic N) is 1. The third-order valence-corrected chi connectivity index (χ3v) is 2.18. The van der Waals surface area contributed by atoms with Gasteiger partial charge in [0.25, 0.3) is 11.6 Å². The van der Waals surface area contributed by atoms with Crippen LogP contribution in [0.1, 0.15) is 15.9 Å². The van der Waals surface area contributed by atoms with E-state index in [1.54, 1.807) is 13.0 Å². The Hall–Kier alpha value is -1.95. The van der Waals surface area contributed by atoms with Crippen molar-refractivity contribution < 1.29 is 9.72 Å². The van der Waals surface area contributed by atoms with Gasteiger partial charge in [0, 0.05) is 30.3 Å². The molecule has 3 N–H and O–H groups in total. The van der Waals surface area contributed by atoms with E-state index in [0.29, 0.717) is 24.2 Å². The maximum atomic E-state index is 11.6. The predicted molar refractivity (Wildman–Crippen MR) is 59.2 cm³/mol. The first-order valence-corrected chi connectivity index (χ1v) is 4.80. The highest BCUT2D eigenvalue weighted by Gasteiger charge is 2.17. The first-order chi connectivity index (χ1) is 7.57. The first kappa shape index (κ1) is 12.1. The number of carbonyl (C=O) groups is 1. The van der Waals surface area contributed by atoms with Crippen molar-refractivity contribution in [3.63, 3.8) is 0 Å². The molecule has 0 aliphatic heterocycles. The summed E-state index contributed by atoms with van der Waals surface area (Å²) >= 11 is 0. The van der Waals surface area contributed by atoms with Crippen molar-refractivity contribution in [1.29, 1.82) is 0 Å². The average Bonchev–Trinajstić information content (AvgIpc) is 2.25. The highest BCUT2D eigenvalue weighted by molar-refractivity contribution is 5.96. The van der Waals surface area contributed by atoms with Crippen molar-refractivity contribution in [1.82, 2.24) is 5.32 Å². The molecule has 0 aliphatic carbocycles. The van der Waals surface area contributed by atoms with Crippen LogP contribution in [0.15, 0.2) is 18.2 Å². The Morgan fingerprint density at radius 1 is 1.56 bits per heavy atom. The van der Waals surface area contributed by atoms with Crippen LogP contribution >= 0.6 is 0 Å². The Morgan fingerprint density at radius 3 is 2.81 bits per heavy atom. The molecule has 1 aromatic rings. The van der Waals surface area contributed by atoms with Gasteiger partial charge in [0.1, 0.15) is 0 Å². The van der Waals surface area contributed by atoms with Crippen molar-refractivity contribution in [2.45, 2.75) is 6.92 Å². The molecule has 0 radical (unpaired) electrons. The minimum absolute atomic E-state index is 0.0552. The SMILES string of the molecule is Cc1c(C(=O)NCCN)cccc1[N+](=O)[O-]. The summed E-state index contributed by atoms with van der Waals surface area (Å²) in [5.41, 5.74) is 5.86. The smallest absolute Gasteiger partial charge is 0.273 e. The van der Waals surface area contributed by atoms with Gasteiger partial charge in [-0.15, -0.1) is 0 Å². The second kappa shape index (κ2) is 5.22. The van der Waals surface area contributed by atoms with Gasteiger partial charge in [0.2, 0.25) is 0 Å². The molecule has 0 spiro atoms. The third kappa shape index (κ3) is 2.54. The molecule has 0 unspecified atom stereocenters. The van der Waals surface area contributed by atoms with Gasteiger partial charge in [0.15, 0.2) is 0 Å². The molecular weight excluding hydrogens is 210 g/mol. The molecule has 0 heterocycles. The van der Waals surface area contributed by atoms with Gasteiger partial charge in [-0.1, -0.05) is 6.07 Å². The van der Waals surface area contributed by atoms with E-state index in [0.717, 1.165) is 0 Å². The van der Waals surface area contributed by atoms with Gasteiger partial charge < -0.3 is 11.1 Å². The number of hydrogen-bond acceptors (Lipinski definition) is 4. The van der Waals surface area contributed by atoms with Crippen molar-refractivity contribution in [2.75, 3.05) is 13.1 Å². The average molecular weight is 223 g/mol. The Labute approximate surface area is 92.6 Å². The number of carbonyl (C=O) groups excluding carboxylic acids is 1. The number of amides is 1. The zero-order chi connectivity index (χ0) is 12.1. The van der Waals surface area contributed by atoms with E-state index in [1.165, 1.54) is 12.1 Å². The fourth-order valence-corrected chi connectivity index (χ4v) is 1.35. The number of hydrogen-bond donors (Lipinski definition) is 2. The molecule has 0 bridgehead atoms. The second-order valence-corrected chi connectivity index (χ2v) is 3.25. The summed E-state index contributed by atoms with van der Waals surface area (Å²) in [6.07, 6.45) is 0. The number of nitrogens with two attached hydrogens (primary N) is 1. The lowest BCUT2D eigenvalue weighted by molar-refractivity contribution is -0.385. The molecule has 16 heavy (non-hydrogen) atoms. The van der Waals surface area contributed by atoms with Crippen molar-refractivity contribution in [2.24, 2.45) is 5.73 Å². The normalized spacial score (nSPS) is 9.88. The summed E-state index contributed by atoms with van der Waals surface area (Å²) < 4.78 is 0. The lowest BCUT2D eigenvalue weighted by Crippen LogP contribution is -2.29. The molecule has 0 atom stereocenters. The summed E-state index contributed by atoms with van der Waals surface area (Å²) in [6, 6.07) is 4.41. The molecule has 1 amide bonds. The highest BCUT2D eigenvalue weighted by atomic mass is 16.6. The minimum Gasteiger partial charge on any atom is -0.351 e. The summed E-state index contributed by atoms with van der Waals surface area (Å²) in [5, 5.41) is 13.2. The fraction of sp³-hybridized carbons (Fsp3) is 0.300. The molecule has 1 rings (SSSR count). The van der Waals surface area contributed by atoms with Crippen LogP contribution in [-0.2, 0) is 0 Å². The van der Waals surface area contributed by atoms with Gasteiger partial charge in [-0.05, 0) is 13.0 Å². The van der Waals surface area contributed by atoms with E-state index in [9.17, 15) is 14.9 Å². The van der Waals surface area contributed by atoms with Crippen LogP contribution in [0.3, 0.4) is 0 Å². The Kier molecular flexibility index (Phi) is 3.96. The largest absolute Gasteiger partial charge is 0.351 e. The second-order valence-electron chi connectivity index (χ2n) is 3.25. The van der Waals surface area contributed by atoms with Gasteiger partial charge in [-0.3, -0.25) is 14.9 Å². The van der Waals surface area contributed by atoms with Crippen LogP contribution in [0, 0.1) is 17.0 Å². The molecule has 1 aromatic carbocycles. The van der Waals surface area contributed by atoms with E-state index < -0.39 is 4.92 Å². The van der Waals surface area contributed by atoms with Gasteiger partial charge >= 0.3 is 0 Å². The van der Waals surface area contributed by atoms with E-state index in [4.69, 9.17) is 5.73 Å². The number of benzene rings is 1. The van der Waals surface area contributed by atoms with Crippen LogP contribution < -0.4 is 11.1 Å². The first-order valence-electron chi connectivity index (χ1n) is 4.80. The quantitative estimate of drug-likeness (QED) is 0.576. The monoisotopic (exact) mass is 223 g/mol. The number of nitro groups is 1. The fourth-order valence-electron chi connectivity index (χ4n) is 1.35. The van der Waals surface area contributed by atoms with Gasteiger partial charge in [-0.2, -0.15) is 0 Å². The molecule has 0 aliphatic rings. The van der Waals surface area contributed by atoms with Crippen molar-refractivity contribution in [3.05, 3.63) is 39.4 Å². The zero-order valence-electron chi connectivity index (χ0n) is 8.90. The molecule has 6 heteroatoms. The molecular formula is C10H13N3O3. The predicted octanol–water partition coefficient (Wildman–Crippen LogP) is 0.592. The van der Waals surface area contributed by atoms with Gasteiger partial charge in [0.05, 0.1) is 4.92 Å². The topological polar surface area (TPSA) is 98.3 Å². The summed E-state index contributed by atoms with van der Waals surface area (Å²) in [6.45, 7) is 2.23. The highest BCUT2D eigenvalue weighted by Crippen LogP contribution is 2.20. The van der Waals surface area contributed by atoms with Crippen molar-refractivity contribution >= 4 is 11.6 Å². The Morgan fingerprint density at radius 2 is 2.25 bits per heavy atom. The molecule has 0 fully saturated rings. The molecule has 86 valence electrons. The molecule has 0 aromatic heterocycles. The maximum Gasteiger partial charge on any atom is 0.273 e. The summed E-state index contributed by atoms with van der Waals surface area (Å²) in [4.78, 5) is 21.8. The summed E-state index contributed by atoms with van der Waals surface area (Å²) in [7, 11) is 0. The van der Waals surface area contributed by atoms with E-state index in [-0.39, 0.29) is 11.6 Å². The van der Waals surface area contributed by atoms with Crippen LogP contribution in [0.4, 0.5) is 5.69 Å². The molecule has 0 saturated carbocycles. The van der Waals surface area contributed by atoms with Crippen LogP contribution in [0.25, 0.3) is 0 Å². The molecule has 6 nitrogen and oxygen atoms in total. The van der Waals surface area contributed by atoms with Crippen LogP contribution in [-0.4, -0.2) is 23.9 Å². The van der Waals surface area contributed by atoms with E-state index >= 15 is 0 Å². The summed E-state index contributed by atoms with van der Waals surface area (Å²) in [5.74, 6) is -0.341. The lowest BCUT2D eigenvalue weighted by atomic mass is 10.1. The minimum atomic E-state index is -0.505. The maximum absolute atomic E-state index is 11.6. The Bertz CT molecular complexity index is 418. The van der Waals surface area contributed by atoms with Crippen LogP contribution in [0.5, 0.6) is 0 Å².